The molecule has 1 atom stereocenters. The SMILES string of the molecule is Cc1nc(C(=O)NC(c2cnn(C)c2)C(F)(F)F)nn1-c1ccccc1C(C)C. The molecule has 0 radical (unpaired) electrons. The van der Waals surface area contributed by atoms with E-state index in [9.17, 15) is 18.0 Å². The summed E-state index contributed by atoms with van der Waals surface area (Å²) in [5, 5.41) is 9.88. The third kappa shape index (κ3) is 4.30. The Morgan fingerprint density at radius 2 is 1.90 bits per heavy atom. The van der Waals surface area contributed by atoms with Crippen LogP contribution >= 0.6 is 0 Å². The van der Waals surface area contributed by atoms with Crippen LogP contribution in [0.1, 0.15) is 53.4 Å². The van der Waals surface area contributed by atoms with E-state index in [2.05, 4.69) is 15.2 Å². The lowest BCUT2D eigenvalue weighted by molar-refractivity contribution is -0.155. The number of nitrogens with one attached hydrogen (secondary N) is 1. The molecule has 0 spiro atoms. The zero-order valence-corrected chi connectivity index (χ0v) is 16.4. The summed E-state index contributed by atoms with van der Waals surface area (Å²) in [6.45, 7) is 5.67. The number of hydrogen-bond acceptors (Lipinski definition) is 4. The highest BCUT2D eigenvalue weighted by molar-refractivity contribution is 5.90. The van der Waals surface area contributed by atoms with Gasteiger partial charge in [0.05, 0.1) is 11.9 Å². The van der Waals surface area contributed by atoms with Crippen LogP contribution in [-0.2, 0) is 7.05 Å². The first-order chi connectivity index (χ1) is 13.6. The number of carbonyl (C=O) groups is 1. The Kier molecular flexibility index (Phi) is 5.45. The number of para-hydroxylation sites is 1. The maximum absolute atomic E-state index is 13.5. The maximum atomic E-state index is 13.5. The summed E-state index contributed by atoms with van der Waals surface area (Å²) in [7, 11) is 1.50. The first-order valence-electron chi connectivity index (χ1n) is 8.97. The second-order valence-corrected chi connectivity index (χ2v) is 7.00. The van der Waals surface area contributed by atoms with Gasteiger partial charge in [-0.15, -0.1) is 5.10 Å². The first kappa shape index (κ1) is 20.6. The number of rotatable bonds is 5. The van der Waals surface area contributed by atoms with Gasteiger partial charge in [0.15, 0.2) is 6.04 Å². The van der Waals surface area contributed by atoms with Crippen molar-refractivity contribution in [2.24, 2.45) is 7.05 Å². The van der Waals surface area contributed by atoms with Gasteiger partial charge in [0.25, 0.3) is 5.91 Å². The molecule has 0 bridgehead atoms. The summed E-state index contributed by atoms with van der Waals surface area (Å²) in [4.78, 5) is 16.6. The zero-order chi connectivity index (χ0) is 21.3. The number of alkyl halides is 3. The fourth-order valence-corrected chi connectivity index (χ4v) is 3.02. The number of aryl methyl sites for hydroxylation is 2. The molecule has 0 aliphatic carbocycles. The Morgan fingerprint density at radius 3 is 2.48 bits per heavy atom. The molecule has 7 nitrogen and oxygen atoms in total. The Bertz CT molecular complexity index is 1020. The maximum Gasteiger partial charge on any atom is 0.413 e. The summed E-state index contributed by atoms with van der Waals surface area (Å²) >= 11 is 0. The largest absolute Gasteiger partial charge is 0.413 e. The molecule has 1 N–H and O–H groups in total. The normalized spacial score (nSPS) is 13.0. The monoisotopic (exact) mass is 406 g/mol. The smallest absolute Gasteiger partial charge is 0.334 e. The molecule has 1 amide bonds. The van der Waals surface area contributed by atoms with Crippen LogP contribution < -0.4 is 5.32 Å². The van der Waals surface area contributed by atoms with Crippen molar-refractivity contribution < 1.29 is 18.0 Å². The Hall–Kier alpha value is -3.17. The van der Waals surface area contributed by atoms with Crippen molar-refractivity contribution in [2.45, 2.75) is 38.9 Å². The molecule has 154 valence electrons. The van der Waals surface area contributed by atoms with E-state index < -0.39 is 18.1 Å². The molecule has 1 aromatic carbocycles. The van der Waals surface area contributed by atoms with Crippen molar-refractivity contribution in [3.63, 3.8) is 0 Å². The van der Waals surface area contributed by atoms with E-state index >= 15 is 0 Å². The van der Waals surface area contributed by atoms with Crippen LogP contribution in [0.4, 0.5) is 13.2 Å². The van der Waals surface area contributed by atoms with E-state index in [0.29, 0.717) is 5.82 Å². The molecule has 2 aromatic heterocycles. The lowest BCUT2D eigenvalue weighted by atomic mass is 10.0. The van der Waals surface area contributed by atoms with Crippen LogP contribution in [0.2, 0.25) is 0 Å². The molecule has 2 heterocycles. The third-order valence-electron chi connectivity index (χ3n) is 4.42. The lowest BCUT2D eigenvalue weighted by Gasteiger charge is -2.19. The molecule has 0 saturated heterocycles. The van der Waals surface area contributed by atoms with Crippen LogP contribution in [0.5, 0.6) is 0 Å². The fraction of sp³-hybridized carbons (Fsp3) is 0.368. The van der Waals surface area contributed by atoms with Gasteiger partial charge in [0, 0.05) is 18.8 Å². The predicted octanol–water partition coefficient (Wildman–Crippen LogP) is 3.47. The van der Waals surface area contributed by atoms with Crippen LogP contribution in [0, 0.1) is 6.92 Å². The number of hydrogen-bond donors (Lipinski definition) is 1. The quantitative estimate of drug-likeness (QED) is 0.704. The minimum atomic E-state index is -4.69. The summed E-state index contributed by atoms with van der Waals surface area (Å²) < 4.78 is 43.2. The highest BCUT2D eigenvalue weighted by Gasteiger charge is 2.43. The van der Waals surface area contributed by atoms with Crippen molar-refractivity contribution in [1.29, 1.82) is 0 Å². The van der Waals surface area contributed by atoms with Crippen LogP contribution in [0.3, 0.4) is 0 Å². The van der Waals surface area contributed by atoms with E-state index in [0.717, 1.165) is 17.4 Å². The molecule has 3 aromatic rings. The van der Waals surface area contributed by atoms with E-state index in [-0.39, 0.29) is 17.3 Å². The molecular formula is C19H21F3N6O. The van der Waals surface area contributed by atoms with Gasteiger partial charge in [0.1, 0.15) is 5.82 Å². The zero-order valence-electron chi connectivity index (χ0n) is 16.4. The highest BCUT2D eigenvalue weighted by Crippen LogP contribution is 2.32. The van der Waals surface area contributed by atoms with E-state index in [1.807, 2.05) is 43.4 Å². The number of carbonyl (C=O) groups excluding carboxylic acids is 1. The van der Waals surface area contributed by atoms with Crippen molar-refractivity contribution >= 4 is 5.91 Å². The molecular weight excluding hydrogens is 385 g/mol. The van der Waals surface area contributed by atoms with E-state index in [1.54, 1.807) is 6.92 Å². The summed E-state index contributed by atoms with van der Waals surface area (Å²) in [6.07, 6.45) is -2.43. The molecule has 29 heavy (non-hydrogen) atoms. The van der Waals surface area contributed by atoms with Gasteiger partial charge >= 0.3 is 6.18 Å². The van der Waals surface area contributed by atoms with Gasteiger partial charge in [-0.25, -0.2) is 9.67 Å². The van der Waals surface area contributed by atoms with Gasteiger partial charge in [-0.2, -0.15) is 18.3 Å². The van der Waals surface area contributed by atoms with Gasteiger partial charge in [-0.05, 0) is 24.5 Å². The molecule has 0 fully saturated rings. The molecule has 0 saturated carbocycles. The van der Waals surface area contributed by atoms with Crippen LogP contribution in [-0.4, -0.2) is 36.6 Å². The van der Waals surface area contributed by atoms with Gasteiger partial charge in [0.2, 0.25) is 5.82 Å². The number of benzene rings is 1. The number of halogens is 3. The molecule has 10 heteroatoms. The second-order valence-electron chi connectivity index (χ2n) is 7.00. The average molecular weight is 406 g/mol. The predicted molar refractivity (Wildman–Crippen MR) is 99.7 cm³/mol. The summed E-state index contributed by atoms with van der Waals surface area (Å²) in [5.74, 6) is -0.764. The van der Waals surface area contributed by atoms with E-state index in [4.69, 9.17) is 0 Å². The third-order valence-corrected chi connectivity index (χ3v) is 4.42. The van der Waals surface area contributed by atoms with Gasteiger partial charge in [-0.3, -0.25) is 9.48 Å². The average Bonchev–Trinajstić information content (AvgIpc) is 3.24. The van der Waals surface area contributed by atoms with Crippen molar-refractivity contribution in [3.05, 3.63) is 59.4 Å². The first-order valence-corrected chi connectivity index (χ1v) is 8.97. The molecule has 0 aliphatic rings. The second kappa shape index (κ2) is 7.69. The van der Waals surface area contributed by atoms with Gasteiger partial charge < -0.3 is 5.32 Å². The van der Waals surface area contributed by atoms with Crippen molar-refractivity contribution in [3.8, 4) is 5.69 Å². The Labute approximate surface area is 165 Å². The lowest BCUT2D eigenvalue weighted by Crippen LogP contribution is -2.38. The fourth-order valence-electron chi connectivity index (χ4n) is 3.02. The Balaban J connectivity index is 1.92. The van der Waals surface area contributed by atoms with Crippen molar-refractivity contribution in [1.82, 2.24) is 29.9 Å². The molecule has 0 aliphatic heterocycles. The number of amides is 1. The molecule has 1 unspecified atom stereocenters. The van der Waals surface area contributed by atoms with Crippen LogP contribution in [0.15, 0.2) is 36.7 Å². The minimum absolute atomic E-state index is 0.172. The standard InChI is InChI=1S/C19H21F3N6O/c1-11(2)14-7-5-6-8-15(14)28-12(3)24-17(26-28)18(29)25-16(19(20,21)22)13-9-23-27(4)10-13/h5-11,16H,1-4H3,(H,25,29). The number of nitrogens with zero attached hydrogens (tertiary/aromatic N) is 5. The molecule has 3 rings (SSSR count). The summed E-state index contributed by atoms with van der Waals surface area (Å²) in [6, 6.07) is 5.26. The van der Waals surface area contributed by atoms with Crippen LogP contribution in [0.25, 0.3) is 5.69 Å². The van der Waals surface area contributed by atoms with E-state index in [1.165, 1.54) is 22.6 Å². The van der Waals surface area contributed by atoms with Crippen molar-refractivity contribution in [2.75, 3.05) is 0 Å². The highest BCUT2D eigenvalue weighted by atomic mass is 19.4. The Morgan fingerprint density at radius 1 is 1.21 bits per heavy atom. The summed E-state index contributed by atoms with van der Waals surface area (Å²) in [5.41, 5.74) is 1.54. The minimum Gasteiger partial charge on any atom is -0.334 e. The van der Waals surface area contributed by atoms with Gasteiger partial charge in [-0.1, -0.05) is 32.0 Å². The topological polar surface area (TPSA) is 77.6 Å². The number of aromatic nitrogens is 5.